The highest BCUT2D eigenvalue weighted by atomic mass is 32.2. The van der Waals surface area contributed by atoms with Gasteiger partial charge in [-0.05, 0) is 51.3 Å². The van der Waals surface area contributed by atoms with E-state index in [9.17, 15) is 9.59 Å². The maximum Gasteiger partial charge on any atom is 0.267 e. The zero-order chi connectivity index (χ0) is 22.5. The number of amides is 1. The van der Waals surface area contributed by atoms with Crippen molar-refractivity contribution in [2.24, 2.45) is 0 Å². The van der Waals surface area contributed by atoms with Crippen LogP contribution >= 0.6 is 24.0 Å². The summed E-state index contributed by atoms with van der Waals surface area (Å²) in [5.74, 6) is 0.296. The van der Waals surface area contributed by atoms with Gasteiger partial charge >= 0.3 is 0 Å². The Morgan fingerprint density at radius 2 is 2.13 bits per heavy atom. The van der Waals surface area contributed by atoms with Crippen molar-refractivity contribution in [3.05, 3.63) is 44.7 Å². The van der Waals surface area contributed by atoms with Gasteiger partial charge in [-0.3, -0.25) is 18.9 Å². The second-order valence-electron chi connectivity index (χ2n) is 7.35. The molecule has 1 saturated heterocycles. The van der Waals surface area contributed by atoms with E-state index in [0.29, 0.717) is 46.0 Å². The summed E-state index contributed by atoms with van der Waals surface area (Å²) < 4.78 is 7.42. The summed E-state index contributed by atoms with van der Waals surface area (Å²) in [6.45, 7) is 9.74. The van der Waals surface area contributed by atoms with Crippen LogP contribution in [0, 0.1) is 6.92 Å². The first kappa shape index (κ1) is 23.4. The van der Waals surface area contributed by atoms with Crippen LogP contribution in [0.2, 0.25) is 0 Å². The van der Waals surface area contributed by atoms with E-state index in [2.05, 4.69) is 5.32 Å². The summed E-state index contributed by atoms with van der Waals surface area (Å²) in [6.07, 6.45) is 4.89. The van der Waals surface area contributed by atoms with E-state index in [0.717, 1.165) is 18.4 Å². The van der Waals surface area contributed by atoms with Crippen molar-refractivity contribution < 1.29 is 9.53 Å². The molecule has 0 aliphatic carbocycles. The van der Waals surface area contributed by atoms with E-state index < -0.39 is 0 Å². The number of fused-ring (bicyclic) bond motifs is 1. The third kappa shape index (κ3) is 4.99. The Morgan fingerprint density at radius 1 is 1.35 bits per heavy atom. The third-order valence-electron chi connectivity index (χ3n) is 5.18. The summed E-state index contributed by atoms with van der Waals surface area (Å²) >= 11 is 6.65. The second-order valence-corrected chi connectivity index (χ2v) is 9.03. The van der Waals surface area contributed by atoms with Crippen LogP contribution in [0.15, 0.2) is 28.0 Å². The van der Waals surface area contributed by atoms with Gasteiger partial charge in [0.1, 0.15) is 15.8 Å². The van der Waals surface area contributed by atoms with Crippen LogP contribution in [0.1, 0.15) is 44.7 Å². The number of anilines is 1. The fraction of sp³-hybridized carbons (Fsp3) is 0.455. The molecule has 0 aromatic carbocycles. The van der Waals surface area contributed by atoms with Gasteiger partial charge in [0.2, 0.25) is 0 Å². The molecule has 2 aromatic rings. The molecule has 1 atom stereocenters. The van der Waals surface area contributed by atoms with Gasteiger partial charge in [-0.25, -0.2) is 4.98 Å². The van der Waals surface area contributed by atoms with E-state index in [1.165, 1.54) is 16.2 Å². The molecule has 0 saturated carbocycles. The van der Waals surface area contributed by atoms with Gasteiger partial charge in [0.05, 0.1) is 10.5 Å². The average Bonchev–Trinajstić information content (AvgIpc) is 3.03. The number of aryl methyl sites for hydroxylation is 1. The van der Waals surface area contributed by atoms with E-state index in [-0.39, 0.29) is 17.5 Å². The molecule has 9 heteroatoms. The smallest absolute Gasteiger partial charge is 0.267 e. The number of pyridine rings is 1. The lowest BCUT2D eigenvalue weighted by Gasteiger charge is -2.21. The minimum Gasteiger partial charge on any atom is -0.382 e. The molecular formula is C22H28N4O3S2. The third-order valence-corrected chi connectivity index (χ3v) is 6.51. The molecule has 0 spiro atoms. The predicted octanol–water partition coefficient (Wildman–Crippen LogP) is 3.84. The largest absolute Gasteiger partial charge is 0.382 e. The molecule has 0 unspecified atom stereocenters. The number of thiocarbonyl (C=S) groups is 1. The molecule has 31 heavy (non-hydrogen) atoms. The standard InChI is InChI=1S/C22H28N4O3S2/c1-5-15(4)26-21(28)17(31-22(26)30)13-16-18(23-10-8-12-29-6-2)24-19-14(3)9-7-11-25(19)20(16)27/h7,9,11,13,15,23H,5-6,8,10,12H2,1-4H3/b17-13-/t15-/m0/s1. The van der Waals surface area contributed by atoms with Crippen molar-refractivity contribution in [2.45, 2.75) is 46.6 Å². The summed E-state index contributed by atoms with van der Waals surface area (Å²) in [5, 5.41) is 3.26. The van der Waals surface area contributed by atoms with Gasteiger partial charge in [0.25, 0.3) is 11.5 Å². The monoisotopic (exact) mass is 460 g/mol. The van der Waals surface area contributed by atoms with Crippen LogP contribution < -0.4 is 10.9 Å². The quantitative estimate of drug-likeness (QED) is 0.346. The molecule has 0 radical (unpaired) electrons. The number of carbonyl (C=O) groups is 1. The number of rotatable bonds is 9. The van der Waals surface area contributed by atoms with Crippen molar-refractivity contribution in [2.75, 3.05) is 25.1 Å². The van der Waals surface area contributed by atoms with Crippen molar-refractivity contribution in [1.29, 1.82) is 0 Å². The highest BCUT2D eigenvalue weighted by Gasteiger charge is 2.35. The van der Waals surface area contributed by atoms with Crippen molar-refractivity contribution in [1.82, 2.24) is 14.3 Å². The van der Waals surface area contributed by atoms with Gasteiger partial charge in [-0.15, -0.1) is 0 Å². The Morgan fingerprint density at radius 3 is 2.84 bits per heavy atom. The first-order valence-electron chi connectivity index (χ1n) is 10.5. The Hall–Kier alpha value is -2.23. The number of thioether (sulfide) groups is 1. The average molecular weight is 461 g/mol. The van der Waals surface area contributed by atoms with Crippen LogP contribution in [-0.4, -0.2) is 50.3 Å². The Balaban J connectivity index is 2.03. The second kappa shape index (κ2) is 10.4. The number of nitrogens with zero attached hydrogens (tertiary/aromatic N) is 3. The molecule has 2 aromatic heterocycles. The highest BCUT2D eigenvalue weighted by Crippen LogP contribution is 2.34. The molecule has 1 amide bonds. The number of nitrogens with one attached hydrogen (secondary N) is 1. The number of carbonyl (C=O) groups excluding carboxylic acids is 1. The van der Waals surface area contributed by atoms with Gasteiger partial charge in [-0.2, -0.15) is 0 Å². The maximum absolute atomic E-state index is 13.3. The molecule has 3 rings (SSSR count). The maximum atomic E-state index is 13.3. The first-order valence-corrected chi connectivity index (χ1v) is 11.7. The van der Waals surface area contributed by atoms with E-state index in [1.807, 2.05) is 39.8 Å². The van der Waals surface area contributed by atoms with Crippen LogP contribution in [-0.2, 0) is 9.53 Å². The van der Waals surface area contributed by atoms with Crippen LogP contribution in [0.4, 0.5) is 5.82 Å². The van der Waals surface area contributed by atoms with Gasteiger partial charge in [-0.1, -0.05) is 37.0 Å². The summed E-state index contributed by atoms with van der Waals surface area (Å²) in [6, 6.07) is 3.73. The number of ether oxygens (including phenoxy) is 1. The molecule has 1 aliphatic heterocycles. The predicted molar refractivity (Wildman–Crippen MR) is 131 cm³/mol. The molecule has 7 nitrogen and oxygen atoms in total. The van der Waals surface area contributed by atoms with E-state index in [1.54, 1.807) is 17.2 Å². The van der Waals surface area contributed by atoms with Crippen molar-refractivity contribution in [3.63, 3.8) is 0 Å². The lowest BCUT2D eigenvalue weighted by molar-refractivity contribution is -0.123. The van der Waals surface area contributed by atoms with E-state index >= 15 is 0 Å². The Kier molecular flexibility index (Phi) is 7.85. The summed E-state index contributed by atoms with van der Waals surface area (Å²) in [4.78, 5) is 33.1. The van der Waals surface area contributed by atoms with Gasteiger partial charge < -0.3 is 10.1 Å². The van der Waals surface area contributed by atoms with Crippen molar-refractivity contribution >= 4 is 51.7 Å². The SMILES string of the molecule is CCOCCCNc1nc2c(C)cccn2c(=O)c1/C=C1\SC(=S)N([C@@H](C)CC)C1=O. The molecule has 1 fully saturated rings. The molecular weight excluding hydrogens is 432 g/mol. The molecule has 1 aliphatic rings. The summed E-state index contributed by atoms with van der Waals surface area (Å²) in [7, 11) is 0. The summed E-state index contributed by atoms with van der Waals surface area (Å²) in [5.41, 5.74) is 1.61. The topological polar surface area (TPSA) is 75.9 Å². The number of hydrogen-bond donors (Lipinski definition) is 1. The van der Waals surface area contributed by atoms with Gasteiger partial charge in [0.15, 0.2) is 0 Å². The number of aromatic nitrogens is 2. The zero-order valence-corrected chi connectivity index (χ0v) is 19.9. The van der Waals surface area contributed by atoms with Crippen LogP contribution in [0.3, 0.4) is 0 Å². The molecule has 3 heterocycles. The normalized spacial score (nSPS) is 16.5. The minimum atomic E-state index is -0.227. The molecule has 166 valence electrons. The minimum absolute atomic E-state index is 0.00744. The lowest BCUT2D eigenvalue weighted by atomic mass is 10.2. The fourth-order valence-electron chi connectivity index (χ4n) is 3.28. The molecule has 1 N–H and O–H groups in total. The van der Waals surface area contributed by atoms with Crippen LogP contribution in [0.25, 0.3) is 11.7 Å². The Labute approximate surface area is 191 Å². The van der Waals surface area contributed by atoms with Crippen LogP contribution in [0.5, 0.6) is 0 Å². The highest BCUT2D eigenvalue weighted by molar-refractivity contribution is 8.26. The zero-order valence-electron chi connectivity index (χ0n) is 18.3. The fourth-order valence-corrected chi connectivity index (χ4v) is 4.72. The van der Waals surface area contributed by atoms with E-state index in [4.69, 9.17) is 21.9 Å². The Bertz CT molecular complexity index is 1080. The number of hydrogen-bond acceptors (Lipinski definition) is 7. The van der Waals surface area contributed by atoms with Crippen molar-refractivity contribution in [3.8, 4) is 0 Å². The lowest BCUT2D eigenvalue weighted by Crippen LogP contribution is -2.36. The molecule has 0 bridgehead atoms. The van der Waals surface area contributed by atoms with Gasteiger partial charge in [0, 0.05) is 32.0 Å². The first-order chi connectivity index (χ1) is 14.9.